The number of carbonyl (C=O) groups excluding carboxylic acids is 3. The SMILES string of the molecule is COC(=O)[C@]1(C)N[C@H](c2ccc(-c3ccc(Cl)c(Cl)c3)cc2)[C@@H]2C(=O)N(C)C(=O)[C@@H]21. The van der Waals surface area contributed by atoms with Crippen LogP contribution in [0.15, 0.2) is 42.5 Å². The molecule has 0 spiro atoms. The number of ether oxygens (including phenoxy) is 1. The Morgan fingerprint density at radius 2 is 1.67 bits per heavy atom. The van der Waals surface area contributed by atoms with Crippen LogP contribution in [0.4, 0.5) is 0 Å². The van der Waals surface area contributed by atoms with Crippen molar-refractivity contribution in [2.24, 2.45) is 11.8 Å². The molecule has 0 radical (unpaired) electrons. The number of carbonyl (C=O) groups is 3. The number of amides is 2. The van der Waals surface area contributed by atoms with E-state index in [1.165, 1.54) is 14.2 Å². The fraction of sp³-hybridized carbons (Fsp3) is 0.318. The minimum Gasteiger partial charge on any atom is -0.468 e. The van der Waals surface area contributed by atoms with Crippen LogP contribution in [0.25, 0.3) is 11.1 Å². The molecule has 4 atom stereocenters. The summed E-state index contributed by atoms with van der Waals surface area (Å²) in [6, 6.07) is 12.5. The van der Waals surface area contributed by atoms with E-state index < -0.39 is 29.4 Å². The molecule has 0 aromatic heterocycles. The van der Waals surface area contributed by atoms with Crippen LogP contribution in [-0.4, -0.2) is 42.4 Å². The first-order valence-corrected chi connectivity index (χ1v) is 10.2. The largest absolute Gasteiger partial charge is 0.468 e. The maximum atomic E-state index is 12.8. The van der Waals surface area contributed by atoms with Crippen LogP contribution in [-0.2, 0) is 19.1 Å². The molecule has 2 aliphatic rings. The van der Waals surface area contributed by atoms with E-state index in [-0.39, 0.29) is 11.8 Å². The Bertz CT molecular complexity index is 1060. The number of methoxy groups -OCH3 is 1. The molecular weight excluding hydrogens is 427 g/mol. The Balaban J connectivity index is 1.71. The molecule has 2 amide bonds. The van der Waals surface area contributed by atoms with E-state index in [1.54, 1.807) is 19.1 Å². The number of nitrogens with one attached hydrogen (secondary N) is 1. The molecule has 2 fully saturated rings. The summed E-state index contributed by atoms with van der Waals surface area (Å²) in [5.74, 6) is -2.74. The van der Waals surface area contributed by atoms with Gasteiger partial charge in [-0.25, -0.2) is 0 Å². The minimum absolute atomic E-state index is 0.302. The molecular formula is C22H20Cl2N2O4. The number of rotatable bonds is 3. The van der Waals surface area contributed by atoms with Crippen molar-refractivity contribution >= 4 is 41.0 Å². The minimum atomic E-state index is -1.29. The van der Waals surface area contributed by atoms with Crippen molar-refractivity contribution in [2.45, 2.75) is 18.5 Å². The van der Waals surface area contributed by atoms with Gasteiger partial charge in [0.2, 0.25) is 11.8 Å². The molecule has 2 aromatic carbocycles. The Labute approximate surface area is 184 Å². The number of halogens is 2. The van der Waals surface area contributed by atoms with Crippen molar-refractivity contribution in [3.8, 4) is 11.1 Å². The van der Waals surface area contributed by atoms with Gasteiger partial charge in [-0.1, -0.05) is 53.5 Å². The molecule has 0 bridgehead atoms. The molecule has 2 aromatic rings. The van der Waals surface area contributed by atoms with Gasteiger partial charge in [-0.3, -0.25) is 24.6 Å². The second kappa shape index (κ2) is 7.38. The van der Waals surface area contributed by atoms with Crippen LogP contribution >= 0.6 is 23.2 Å². The van der Waals surface area contributed by atoms with Crippen molar-refractivity contribution in [3.63, 3.8) is 0 Å². The topological polar surface area (TPSA) is 75.7 Å². The van der Waals surface area contributed by atoms with E-state index in [0.29, 0.717) is 10.0 Å². The molecule has 2 aliphatic heterocycles. The van der Waals surface area contributed by atoms with Gasteiger partial charge in [-0.15, -0.1) is 0 Å². The predicted octanol–water partition coefficient (Wildman–Crippen LogP) is 3.47. The van der Waals surface area contributed by atoms with E-state index in [0.717, 1.165) is 21.6 Å². The van der Waals surface area contributed by atoms with E-state index >= 15 is 0 Å². The van der Waals surface area contributed by atoms with Crippen LogP contribution in [0.5, 0.6) is 0 Å². The first-order chi connectivity index (χ1) is 14.2. The Morgan fingerprint density at radius 1 is 1.03 bits per heavy atom. The van der Waals surface area contributed by atoms with E-state index in [1.807, 2.05) is 30.3 Å². The number of benzene rings is 2. The van der Waals surface area contributed by atoms with Crippen LogP contribution in [0.1, 0.15) is 18.5 Å². The number of fused-ring (bicyclic) bond motifs is 1. The summed E-state index contributed by atoms with van der Waals surface area (Å²) in [6.07, 6.45) is 0. The number of imide groups is 1. The molecule has 2 heterocycles. The zero-order valence-corrected chi connectivity index (χ0v) is 18.1. The van der Waals surface area contributed by atoms with Crippen molar-refractivity contribution in [1.82, 2.24) is 10.2 Å². The summed E-state index contributed by atoms with van der Waals surface area (Å²) in [7, 11) is 2.72. The van der Waals surface area contributed by atoms with Gasteiger partial charge < -0.3 is 4.74 Å². The van der Waals surface area contributed by atoms with Gasteiger partial charge in [0, 0.05) is 13.1 Å². The summed E-state index contributed by atoms with van der Waals surface area (Å²) in [5.41, 5.74) is 1.34. The summed E-state index contributed by atoms with van der Waals surface area (Å²) >= 11 is 12.1. The lowest BCUT2D eigenvalue weighted by Gasteiger charge is -2.27. The molecule has 1 N–H and O–H groups in total. The average Bonchev–Trinajstić information content (AvgIpc) is 3.18. The average molecular weight is 447 g/mol. The van der Waals surface area contributed by atoms with Crippen molar-refractivity contribution in [2.75, 3.05) is 14.2 Å². The first-order valence-electron chi connectivity index (χ1n) is 9.42. The number of likely N-dealkylation sites (tertiary alicyclic amines) is 1. The van der Waals surface area contributed by atoms with Gasteiger partial charge in [0.1, 0.15) is 5.54 Å². The smallest absolute Gasteiger partial charge is 0.326 e. The maximum Gasteiger partial charge on any atom is 0.326 e. The molecule has 8 heteroatoms. The zero-order chi connectivity index (χ0) is 21.8. The zero-order valence-electron chi connectivity index (χ0n) is 16.6. The number of hydrogen-bond acceptors (Lipinski definition) is 5. The molecule has 4 rings (SSSR count). The van der Waals surface area contributed by atoms with Crippen molar-refractivity contribution in [1.29, 1.82) is 0 Å². The lowest BCUT2D eigenvalue weighted by Crippen LogP contribution is -2.53. The highest BCUT2D eigenvalue weighted by atomic mass is 35.5. The van der Waals surface area contributed by atoms with Crippen LogP contribution < -0.4 is 5.32 Å². The highest BCUT2D eigenvalue weighted by Gasteiger charge is 2.66. The van der Waals surface area contributed by atoms with Gasteiger partial charge in [0.05, 0.1) is 29.0 Å². The van der Waals surface area contributed by atoms with Gasteiger partial charge in [0.25, 0.3) is 0 Å². The van der Waals surface area contributed by atoms with E-state index in [2.05, 4.69) is 5.32 Å². The van der Waals surface area contributed by atoms with Crippen LogP contribution in [0, 0.1) is 11.8 Å². The standard InChI is InChI=1S/C22H20Cl2N2O4/c1-22(21(29)30-3)17-16(19(27)26(2)20(17)28)18(25-22)12-6-4-11(5-7-12)13-8-9-14(23)15(24)10-13/h4-10,16-18,25H,1-3H3/t16-,17-,18-,22-/m1/s1. The molecule has 6 nitrogen and oxygen atoms in total. The number of nitrogens with zero attached hydrogens (tertiary/aromatic N) is 1. The second-order valence-electron chi connectivity index (χ2n) is 7.81. The molecule has 0 aliphatic carbocycles. The van der Waals surface area contributed by atoms with Crippen LogP contribution in [0.2, 0.25) is 10.0 Å². The maximum absolute atomic E-state index is 12.8. The lowest BCUT2D eigenvalue weighted by atomic mass is 9.80. The predicted molar refractivity (Wildman–Crippen MR) is 113 cm³/mol. The third-order valence-electron chi connectivity index (χ3n) is 6.14. The lowest BCUT2D eigenvalue weighted by molar-refractivity contribution is -0.152. The summed E-state index contributed by atoms with van der Waals surface area (Å²) in [4.78, 5) is 39.2. The normalized spacial score (nSPS) is 28.0. The third-order valence-corrected chi connectivity index (χ3v) is 6.88. The molecule has 0 unspecified atom stereocenters. The van der Waals surface area contributed by atoms with Gasteiger partial charge in [-0.2, -0.15) is 0 Å². The Kier molecular flexibility index (Phi) is 5.12. The second-order valence-corrected chi connectivity index (χ2v) is 8.62. The van der Waals surface area contributed by atoms with Crippen molar-refractivity contribution in [3.05, 3.63) is 58.1 Å². The molecule has 30 heavy (non-hydrogen) atoms. The third kappa shape index (κ3) is 3.02. The molecule has 156 valence electrons. The van der Waals surface area contributed by atoms with Gasteiger partial charge >= 0.3 is 5.97 Å². The monoisotopic (exact) mass is 446 g/mol. The van der Waals surface area contributed by atoms with Gasteiger partial charge in [0.15, 0.2) is 0 Å². The first kappa shape index (κ1) is 20.8. The quantitative estimate of drug-likeness (QED) is 0.576. The summed E-state index contributed by atoms with van der Waals surface area (Å²) in [6.45, 7) is 1.62. The number of esters is 1. The van der Waals surface area contributed by atoms with Crippen molar-refractivity contribution < 1.29 is 19.1 Å². The van der Waals surface area contributed by atoms with Crippen LogP contribution in [0.3, 0.4) is 0 Å². The number of hydrogen-bond donors (Lipinski definition) is 1. The summed E-state index contributed by atoms with van der Waals surface area (Å²) < 4.78 is 4.94. The van der Waals surface area contributed by atoms with E-state index in [4.69, 9.17) is 27.9 Å². The highest BCUT2D eigenvalue weighted by Crippen LogP contribution is 2.48. The van der Waals surface area contributed by atoms with Gasteiger partial charge in [-0.05, 0) is 35.7 Å². The Morgan fingerprint density at radius 3 is 2.27 bits per heavy atom. The fourth-order valence-corrected chi connectivity index (χ4v) is 4.83. The fourth-order valence-electron chi connectivity index (χ4n) is 4.53. The molecule has 2 saturated heterocycles. The Hall–Kier alpha value is -2.41. The highest BCUT2D eigenvalue weighted by molar-refractivity contribution is 6.42. The van der Waals surface area contributed by atoms with E-state index in [9.17, 15) is 14.4 Å². The molecule has 0 saturated carbocycles. The summed E-state index contributed by atoms with van der Waals surface area (Å²) in [5, 5.41) is 4.16.